The summed E-state index contributed by atoms with van der Waals surface area (Å²) in [5, 5.41) is 0. The molecule has 1 atom stereocenters. The van der Waals surface area contributed by atoms with E-state index in [0.717, 1.165) is 5.56 Å². The Balaban J connectivity index is 1.89. The van der Waals surface area contributed by atoms with E-state index in [-0.39, 0.29) is 22.3 Å². The van der Waals surface area contributed by atoms with E-state index in [1.165, 1.54) is 16.4 Å². The van der Waals surface area contributed by atoms with E-state index in [1.807, 2.05) is 6.92 Å². The van der Waals surface area contributed by atoms with Gasteiger partial charge in [0.1, 0.15) is 10.5 Å². The van der Waals surface area contributed by atoms with Crippen LogP contribution >= 0.6 is 15.9 Å². The van der Waals surface area contributed by atoms with Crippen molar-refractivity contribution in [2.45, 2.75) is 19.3 Å². The van der Waals surface area contributed by atoms with Crippen LogP contribution in [0.2, 0.25) is 0 Å². The van der Waals surface area contributed by atoms with Crippen molar-refractivity contribution in [3.05, 3.63) is 35.6 Å². The number of carbonyl (C=O) groups is 1. The molecule has 0 bridgehead atoms. The summed E-state index contributed by atoms with van der Waals surface area (Å²) in [5.41, 5.74) is 0.917. The van der Waals surface area contributed by atoms with Gasteiger partial charge in [-0.15, -0.1) is 0 Å². The normalized spacial score (nSPS) is 18.0. The Labute approximate surface area is 144 Å². The van der Waals surface area contributed by atoms with Crippen LogP contribution in [0.15, 0.2) is 24.3 Å². The number of rotatable bonds is 5. The summed E-state index contributed by atoms with van der Waals surface area (Å²) in [5.74, 6) is -0.304. The molecular weight excluding hydrogens is 387 g/mol. The van der Waals surface area contributed by atoms with Crippen LogP contribution in [0.3, 0.4) is 0 Å². The van der Waals surface area contributed by atoms with Crippen LogP contribution in [0.5, 0.6) is 0 Å². The van der Waals surface area contributed by atoms with E-state index in [2.05, 4.69) is 15.9 Å². The molecular formula is C15H20BrFN2O3S. The molecule has 1 aliphatic rings. The van der Waals surface area contributed by atoms with Crippen molar-refractivity contribution in [2.24, 2.45) is 0 Å². The second-order valence-electron chi connectivity index (χ2n) is 5.66. The van der Waals surface area contributed by atoms with E-state index < -0.39 is 10.0 Å². The summed E-state index contributed by atoms with van der Waals surface area (Å²) in [6.45, 7) is 3.38. The summed E-state index contributed by atoms with van der Waals surface area (Å²) >= 11 is 2.98. The lowest BCUT2D eigenvalue weighted by molar-refractivity contribution is -0.132. The third kappa shape index (κ3) is 4.74. The molecule has 2 rings (SSSR count). The Hall–Kier alpha value is -0.990. The van der Waals surface area contributed by atoms with Crippen molar-refractivity contribution >= 4 is 31.9 Å². The third-order valence-corrected chi connectivity index (χ3v) is 7.21. The average Bonchev–Trinajstić information content (AvgIpc) is 2.55. The quantitative estimate of drug-likeness (QED) is 0.703. The molecule has 0 spiro atoms. The molecule has 1 aromatic rings. The molecule has 128 valence electrons. The van der Waals surface area contributed by atoms with Gasteiger partial charge >= 0.3 is 0 Å². The van der Waals surface area contributed by atoms with Gasteiger partial charge in [0.15, 0.2) is 0 Å². The highest BCUT2D eigenvalue weighted by molar-refractivity contribution is 9.10. The standard InChI is InChI=1S/C15H20BrFN2O3S/c1-12(13-2-4-14(17)5-3-13)10-15(20)18-6-8-19(9-7-18)23(21,22)11-16/h2-5,12H,6-11H2,1H3/t12-/m1/s1. The number of amides is 1. The lowest BCUT2D eigenvalue weighted by Gasteiger charge is -2.34. The molecule has 1 heterocycles. The number of hydrogen-bond donors (Lipinski definition) is 0. The molecule has 0 unspecified atom stereocenters. The maximum Gasteiger partial charge on any atom is 0.224 e. The van der Waals surface area contributed by atoms with Gasteiger partial charge in [-0.2, -0.15) is 4.31 Å². The molecule has 1 saturated heterocycles. The summed E-state index contributed by atoms with van der Waals surface area (Å²) in [7, 11) is -3.26. The topological polar surface area (TPSA) is 57.7 Å². The van der Waals surface area contributed by atoms with Gasteiger partial charge in [-0.3, -0.25) is 4.79 Å². The van der Waals surface area contributed by atoms with Gasteiger partial charge in [-0.25, -0.2) is 12.8 Å². The smallest absolute Gasteiger partial charge is 0.224 e. The molecule has 1 fully saturated rings. The number of sulfonamides is 1. The van der Waals surface area contributed by atoms with Gasteiger partial charge in [0.25, 0.3) is 0 Å². The second-order valence-corrected chi connectivity index (χ2v) is 8.93. The summed E-state index contributed by atoms with van der Waals surface area (Å²) < 4.78 is 37.8. The Bertz CT molecular complexity index is 643. The first-order valence-electron chi connectivity index (χ1n) is 7.40. The van der Waals surface area contributed by atoms with Crippen LogP contribution in [0, 0.1) is 5.82 Å². The van der Waals surface area contributed by atoms with Crippen molar-refractivity contribution < 1.29 is 17.6 Å². The molecule has 23 heavy (non-hydrogen) atoms. The zero-order valence-electron chi connectivity index (χ0n) is 12.9. The number of nitrogens with zero attached hydrogens (tertiary/aromatic N) is 2. The van der Waals surface area contributed by atoms with Crippen molar-refractivity contribution in [1.29, 1.82) is 0 Å². The molecule has 0 saturated carbocycles. The molecule has 1 aliphatic heterocycles. The Morgan fingerprint density at radius 3 is 2.30 bits per heavy atom. The minimum Gasteiger partial charge on any atom is -0.340 e. The van der Waals surface area contributed by atoms with E-state index in [9.17, 15) is 17.6 Å². The average molecular weight is 407 g/mol. The zero-order valence-corrected chi connectivity index (χ0v) is 15.3. The molecule has 1 aromatic carbocycles. The van der Waals surface area contributed by atoms with Crippen LogP contribution in [0.1, 0.15) is 24.8 Å². The summed E-state index contributed by atoms with van der Waals surface area (Å²) in [6.07, 6.45) is 0.330. The second kappa shape index (κ2) is 7.72. The minimum atomic E-state index is -3.26. The van der Waals surface area contributed by atoms with Gasteiger partial charge in [0, 0.05) is 32.6 Å². The van der Waals surface area contributed by atoms with Crippen molar-refractivity contribution in [3.8, 4) is 0 Å². The Morgan fingerprint density at radius 1 is 1.22 bits per heavy atom. The van der Waals surface area contributed by atoms with E-state index in [4.69, 9.17) is 0 Å². The third-order valence-electron chi connectivity index (χ3n) is 4.04. The first kappa shape index (κ1) is 18.4. The molecule has 0 radical (unpaired) electrons. The number of carbonyl (C=O) groups excluding carboxylic acids is 1. The lowest BCUT2D eigenvalue weighted by atomic mass is 9.97. The van der Waals surface area contributed by atoms with Crippen LogP contribution in [0.4, 0.5) is 4.39 Å². The van der Waals surface area contributed by atoms with Crippen molar-refractivity contribution in [1.82, 2.24) is 9.21 Å². The van der Waals surface area contributed by atoms with Crippen LogP contribution in [-0.2, 0) is 14.8 Å². The first-order chi connectivity index (χ1) is 10.8. The summed E-state index contributed by atoms with van der Waals surface area (Å²) in [4.78, 5) is 14.0. The van der Waals surface area contributed by atoms with Crippen molar-refractivity contribution in [3.63, 3.8) is 0 Å². The van der Waals surface area contributed by atoms with Gasteiger partial charge in [0.05, 0.1) is 0 Å². The van der Waals surface area contributed by atoms with Crippen molar-refractivity contribution in [2.75, 3.05) is 30.8 Å². The predicted octanol–water partition coefficient (Wildman–Crippen LogP) is 2.15. The molecule has 8 heteroatoms. The van der Waals surface area contributed by atoms with E-state index >= 15 is 0 Å². The molecule has 0 N–H and O–H groups in total. The van der Waals surface area contributed by atoms with Crippen LogP contribution in [0.25, 0.3) is 0 Å². The largest absolute Gasteiger partial charge is 0.340 e. The highest BCUT2D eigenvalue weighted by Gasteiger charge is 2.28. The monoisotopic (exact) mass is 406 g/mol. The van der Waals surface area contributed by atoms with E-state index in [1.54, 1.807) is 17.0 Å². The fourth-order valence-corrected chi connectivity index (χ4v) is 4.31. The van der Waals surface area contributed by atoms with Crippen LogP contribution in [-0.4, -0.2) is 54.4 Å². The fourth-order valence-electron chi connectivity index (χ4n) is 2.58. The van der Waals surface area contributed by atoms with Crippen LogP contribution < -0.4 is 0 Å². The minimum absolute atomic E-state index is 0.00212. The number of benzene rings is 1. The predicted molar refractivity (Wildman–Crippen MR) is 90.3 cm³/mol. The maximum absolute atomic E-state index is 12.9. The van der Waals surface area contributed by atoms with Gasteiger partial charge in [-0.1, -0.05) is 35.0 Å². The number of piperazine rings is 1. The number of halogens is 2. The highest BCUT2D eigenvalue weighted by atomic mass is 79.9. The number of hydrogen-bond acceptors (Lipinski definition) is 3. The molecule has 1 amide bonds. The van der Waals surface area contributed by atoms with Gasteiger partial charge < -0.3 is 4.90 Å². The zero-order chi connectivity index (χ0) is 17.0. The first-order valence-corrected chi connectivity index (χ1v) is 10.1. The SMILES string of the molecule is C[C@H](CC(=O)N1CCN(S(=O)(=O)CBr)CC1)c1ccc(F)cc1. The summed E-state index contributed by atoms with van der Waals surface area (Å²) in [6, 6.07) is 6.15. The fraction of sp³-hybridized carbons (Fsp3) is 0.533. The molecule has 0 aliphatic carbocycles. The Morgan fingerprint density at radius 2 is 1.78 bits per heavy atom. The van der Waals surface area contributed by atoms with Gasteiger partial charge in [0.2, 0.25) is 15.9 Å². The Kier molecular flexibility index (Phi) is 6.16. The maximum atomic E-state index is 12.9. The van der Waals surface area contributed by atoms with E-state index in [0.29, 0.717) is 32.6 Å². The number of alkyl halides is 1. The molecule has 5 nitrogen and oxygen atoms in total. The highest BCUT2D eigenvalue weighted by Crippen LogP contribution is 2.21. The molecule has 0 aromatic heterocycles. The van der Waals surface area contributed by atoms with Gasteiger partial charge in [-0.05, 0) is 23.6 Å². The lowest BCUT2D eigenvalue weighted by Crippen LogP contribution is -2.50.